The molecule has 10 heteroatoms. The summed E-state index contributed by atoms with van der Waals surface area (Å²) in [7, 11) is 4.93. The van der Waals surface area contributed by atoms with E-state index in [0.29, 0.717) is 23.0 Å². The molecule has 1 heterocycles. The summed E-state index contributed by atoms with van der Waals surface area (Å²) >= 11 is 0. The number of benzene rings is 1. The molecular formula is C19H29ClN6O3. The molecule has 9 nitrogen and oxygen atoms in total. The molecule has 0 radical (unpaired) electrons. The Balaban J connectivity index is 0.00000300. The minimum atomic E-state index is -0.477. The van der Waals surface area contributed by atoms with Crippen LogP contribution in [-0.2, 0) is 11.3 Å². The van der Waals surface area contributed by atoms with Gasteiger partial charge in [0.15, 0.2) is 5.82 Å². The van der Waals surface area contributed by atoms with E-state index in [1.807, 2.05) is 19.1 Å². The highest BCUT2D eigenvalue weighted by atomic mass is 35.5. The summed E-state index contributed by atoms with van der Waals surface area (Å²) in [6, 6.07) is 5.39. The van der Waals surface area contributed by atoms with Gasteiger partial charge < -0.3 is 20.1 Å². The van der Waals surface area contributed by atoms with Crippen molar-refractivity contribution in [3.05, 3.63) is 24.0 Å². The molecule has 1 amide bonds. The van der Waals surface area contributed by atoms with Gasteiger partial charge in [0.25, 0.3) is 0 Å². The molecule has 1 fully saturated rings. The van der Waals surface area contributed by atoms with Crippen molar-refractivity contribution in [2.75, 3.05) is 21.3 Å². The van der Waals surface area contributed by atoms with Gasteiger partial charge in [-0.15, -0.1) is 17.5 Å². The molecule has 2 unspecified atom stereocenters. The molecule has 0 spiro atoms. The molecule has 1 aliphatic rings. The Bertz CT molecular complexity index is 819. The van der Waals surface area contributed by atoms with E-state index >= 15 is 0 Å². The molecule has 1 aliphatic carbocycles. The second kappa shape index (κ2) is 9.41. The van der Waals surface area contributed by atoms with Gasteiger partial charge >= 0.3 is 0 Å². The number of methoxy groups -OCH3 is 2. The maximum absolute atomic E-state index is 13.0. The zero-order valence-corrected chi connectivity index (χ0v) is 18.1. The fourth-order valence-corrected chi connectivity index (χ4v) is 3.74. The van der Waals surface area contributed by atoms with Gasteiger partial charge in [0.2, 0.25) is 5.91 Å². The minimum Gasteiger partial charge on any atom is -0.497 e. The van der Waals surface area contributed by atoms with Gasteiger partial charge in [-0.05, 0) is 30.2 Å². The summed E-state index contributed by atoms with van der Waals surface area (Å²) in [6.45, 7) is 2.24. The number of ether oxygens (including phenoxy) is 2. The van der Waals surface area contributed by atoms with Crippen LogP contribution in [0, 0.1) is 5.92 Å². The van der Waals surface area contributed by atoms with Crippen LogP contribution in [0.4, 0.5) is 0 Å². The van der Waals surface area contributed by atoms with E-state index in [4.69, 9.17) is 15.2 Å². The predicted molar refractivity (Wildman–Crippen MR) is 111 cm³/mol. The molecule has 2 N–H and O–H groups in total. The van der Waals surface area contributed by atoms with Crippen LogP contribution in [0.15, 0.2) is 18.2 Å². The monoisotopic (exact) mass is 424 g/mol. The summed E-state index contributed by atoms with van der Waals surface area (Å²) in [6.07, 6.45) is 3.77. The van der Waals surface area contributed by atoms with Crippen LogP contribution in [-0.4, -0.2) is 57.8 Å². The number of aromatic nitrogens is 4. The number of carbonyl (C=O) groups is 1. The Labute approximate surface area is 176 Å². The lowest BCUT2D eigenvalue weighted by Gasteiger charge is -2.39. The van der Waals surface area contributed by atoms with Gasteiger partial charge in [-0.2, -0.15) is 4.68 Å². The van der Waals surface area contributed by atoms with E-state index in [-0.39, 0.29) is 30.8 Å². The van der Waals surface area contributed by atoms with E-state index in [1.165, 1.54) is 0 Å². The van der Waals surface area contributed by atoms with E-state index in [0.717, 1.165) is 25.7 Å². The van der Waals surface area contributed by atoms with Crippen molar-refractivity contribution in [1.29, 1.82) is 0 Å². The molecule has 29 heavy (non-hydrogen) atoms. The lowest BCUT2D eigenvalue weighted by Crippen LogP contribution is -2.53. The van der Waals surface area contributed by atoms with Crippen molar-refractivity contribution in [2.24, 2.45) is 11.7 Å². The highest BCUT2D eigenvalue weighted by Gasteiger charge is 2.39. The number of amides is 1. The molecule has 2 aromatic rings. The first kappa shape index (κ1) is 22.9. The van der Waals surface area contributed by atoms with Crippen LogP contribution in [0.5, 0.6) is 11.5 Å². The SMILES string of the molecule is COc1cc(OC)cc(-n2nnnc2CN(C)C(=O)C2CCCCC2(C)N)c1.Cl. The van der Waals surface area contributed by atoms with Crippen molar-refractivity contribution in [1.82, 2.24) is 25.1 Å². The third-order valence-corrected chi connectivity index (χ3v) is 5.42. The fraction of sp³-hybridized carbons (Fsp3) is 0.579. The molecule has 3 rings (SSSR count). The van der Waals surface area contributed by atoms with Crippen LogP contribution in [0.25, 0.3) is 5.69 Å². The standard InChI is InChI=1S/C19H28N6O3.ClH/c1-19(20)8-6-5-7-16(19)18(26)24(2)12-17-21-22-23-25(17)13-9-14(27-3)11-15(10-13)28-4;/h9-11,16H,5-8,12,20H2,1-4H3;1H. The quantitative estimate of drug-likeness (QED) is 0.754. The van der Waals surface area contributed by atoms with Gasteiger partial charge in [0.05, 0.1) is 32.4 Å². The molecule has 160 valence electrons. The van der Waals surface area contributed by atoms with E-state index in [9.17, 15) is 4.79 Å². The predicted octanol–water partition coefficient (Wildman–Crippen LogP) is 1.97. The number of nitrogens with zero attached hydrogens (tertiary/aromatic N) is 5. The average Bonchev–Trinajstić information content (AvgIpc) is 3.14. The second-order valence-electron chi connectivity index (χ2n) is 7.58. The Kier molecular flexibility index (Phi) is 7.43. The molecule has 1 saturated carbocycles. The number of carbonyl (C=O) groups excluding carboxylic acids is 1. The summed E-state index contributed by atoms with van der Waals surface area (Å²) < 4.78 is 12.2. The maximum atomic E-state index is 13.0. The fourth-order valence-electron chi connectivity index (χ4n) is 3.74. The van der Waals surface area contributed by atoms with Gasteiger partial charge in [0.1, 0.15) is 11.5 Å². The topological polar surface area (TPSA) is 108 Å². The summed E-state index contributed by atoms with van der Waals surface area (Å²) in [5.41, 5.74) is 6.61. The van der Waals surface area contributed by atoms with Crippen LogP contribution in [0.1, 0.15) is 38.4 Å². The smallest absolute Gasteiger partial charge is 0.227 e. The molecule has 0 aliphatic heterocycles. The number of hydrogen-bond acceptors (Lipinski definition) is 7. The number of nitrogens with two attached hydrogens (primary N) is 1. The largest absolute Gasteiger partial charge is 0.497 e. The van der Waals surface area contributed by atoms with E-state index in [2.05, 4.69) is 15.5 Å². The molecule has 0 bridgehead atoms. The summed E-state index contributed by atoms with van der Waals surface area (Å²) in [5.74, 6) is 1.64. The van der Waals surface area contributed by atoms with Gasteiger partial charge in [-0.3, -0.25) is 4.79 Å². The van der Waals surface area contributed by atoms with Crippen molar-refractivity contribution >= 4 is 18.3 Å². The molecule has 1 aromatic heterocycles. The molecule has 1 aromatic carbocycles. The van der Waals surface area contributed by atoms with Crippen molar-refractivity contribution in [3.63, 3.8) is 0 Å². The third-order valence-electron chi connectivity index (χ3n) is 5.42. The Morgan fingerprint density at radius 1 is 1.28 bits per heavy atom. The van der Waals surface area contributed by atoms with E-state index in [1.54, 1.807) is 36.9 Å². The summed E-state index contributed by atoms with van der Waals surface area (Å²) in [5, 5.41) is 12.0. The zero-order valence-electron chi connectivity index (χ0n) is 17.3. The lowest BCUT2D eigenvalue weighted by atomic mass is 9.74. The Morgan fingerprint density at radius 3 is 2.52 bits per heavy atom. The van der Waals surface area contributed by atoms with Crippen LogP contribution in [0.2, 0.25) is 0 Å². The first-order chi connectivity index (χ1) is 13.4. The number of halogens is 1. The molecule has 0 saturated heterocycles. The first-order valence-electron chi connectivity index (χ1n) is 9.40. The molecular weight excluding hydrogens is 396 g/mol. The molecule has 2 atom stereocenters. The normalized spacial score (nSPS) is 21.2. The van der Waals surface area contributed by atoms with Gasteiger partial charge in [-0.1, -0.05) is 12.8 Å². The highest BCUT2D eigenvalue weighted by Crippen LogP contribution is 2.33. The number of rotatable bonds is 6. The third kappa shape index (κ3) is 4.97. The zero-order chi connectivity index (χ0) is 20.3. The van der Waals surface area contributed by atoms with Crippen molar-refractivity contribution < 1.29 is 14.3 Å². The van der Waals surface area contributed by atoms with Crippen molar-refractivity contribution in [2.45, 2.75) is 44.7 Å². The van der Waals surface area contributed by atoms with Crippen LogP contribution < -0.4 is 15.2 Å². The maximum Gasteiger partial charge on any atom is 0.227 e. The number of hydrogen-bond donors (Lipinski definition) is 1. The van der Waals surface area contributed by atoms with Gasteiger partial charge in [0, 0.05) is 30.8 Å². The van der Waals surface area contributed by atoms with Crippen molar-refractivity contribution in [3.8, 4) is 17.2 Å². The second-order valence-corrected chi connectivity index (χ2v) is 7.58. The minimum absolute atomic E-state index is 0. The average molecular weight is 425 g/mol. The first-order valence-corrected chi connectivity index (χ1v) is 9.40. The lowest BCUT2D eigenvalue weighted by molar-refractivity contribution is -0.138. The highest BCUT2D eigenvalue weighted by molar-refractivity contribution is 5.85. The summed E-state index contributed by atoms with van der Waals surface area (Å²) in [4.78, 5) is 14.7. The van der Waals surface area contributed by atoms with Gasteiger partial charge in [-0.25, -0.2) is 0 Å². The Hall–Kier alpha value is -2.39. The van der Waals surface area contributed by atoms with Crippen LogP contribution >= 0.6 is 12.4 Å². The Morgan fingerprint density at radius 2 is 1.93 bits per heavy atom. The van der Waals surface area contributed by atoms with Crippen LogP contribution in [0.3, 0.4) is 0 Å². The number of tetrazole rings is 1. The van der Waals surface area contributed by atoms with E-state index < -0.39 is 5.54 Å².